The fourth-order valence-electron chi connectivity index (χ4n) is 6.77. The lowest BCUT2D eigenvalue weighted by Gasteiger charge is -2.46. The topological polar surface area (TPSA) is 94.3 Å². The van der Waals surface area contributed by atoms with Crippen molar-refractivity contribution in [3.8, 4) is 17.2 Å². The van der Waals surface area contributed by atoms with Crippen LogP contribution in [0, 0.1) is 0 Å². The highest BCUT2D eigenvalue weighted by Crippen LogP contribution is 2.45. The number of nitrogens with two attached hydrogens (primary N) is 1. The summed E-state index contributed by atoms with van der Waals surface area (Å²) in [6.45, 7) is 5.24. The fraction of sp³-hybridized carbons (Fsp3) is 0.444. The van der Waals surface area contributed by atoms with Crippen LogP contribution in [0.1, 0.15) is 86.3 Å². The van der Waals surface area contributed by atoms with E-state index in [1.807, 2.05) is 11.0 Å². The van der Waals surface area contributed by atoms with Crippen molar-refractivity contribution in [2.24, 2.45) is 5.73 Å². The Bertz CT molecular complexity index is 1470. The molecular weight excluding hydrogens is 554 g/mol. The zero-order valence-corrected chi connectivity index (χ0v) is 26.4. The second kappa shape index (κ2) is 14.1. The Morgan fingerprint density at radius 3 is 2.52 bits per heavy atom. The molecule has 3 atom stereocenters. The number of aryl methyl sites for hydroxylation is 1. The van der Waals surface area contributed by atoms with E-state index >= 15 is 0 Å². The average Bonchev–Trinajstić information content (AvgIpc) is 3.03. The summed E-state index contributed by atoms with van der Waals surface area (Å²) in [5, 5.41) is 0. The first-order chi connectivity index (χ1) is 21.3. The maximum atomic E-state index is 14.0. The van der Waals surface area contributed by atoms with Crippen LogP contribution in [0.25, 0.3) is 0 Å². The highest BCUT2D eigenvalue weighted by atomic mass is 16.5. The molecule has 2 N–H and O–H groups in total. The molecule has 2 aliphatic heterocycles. The quantitative estimate of drug-likeness (QED) is 0.245. The SMILES string of the molecule is CCCC(CCCC(N)=O)Oc1ccc2c(c1)CCCN2C1CC(C)N(C(=O)c2ccc(OC)c(OC)c2)c2ccccc21. The number of hydrogen-bond acceptors (Lipinski definition) is 6. The Morgan fingerprint density at radius 2 is 1.77 bits per heavy atom. The average molecular weight is 600 g/mol. The van der Waals surface area contributed by atoms with Crippen LogP contribution in [0.15, 0.2) is 60.7 Å². The Labute approximate surface area is 261 Å². The molecule has 8 nitrogen and oxygen atoms in total. The van der Waals surface area contributed by atoms with E-state index in [1.165, 1.54) is 11.3 Å². The van der Waals surface area contributed by atoms with E-state index in [2.05, 4.69) is 55.1 Å². The minimum Gasteiger partial charge on any atom is -0.493 e. The van der Waals surface area contributed by atoms with E-state index in [4.69, 9.17) is 19.9 Å². The molecule has 0 fully saturated rings. The summed E-state index contributed by atoms with van der Waals surface area (Å²) in [6, 6.07) is 20.2. The van der Waals surface area contributed by atoms with Gasteiger partial charge in [0.15, 0.2) is 11.5 Å². The predicted molar refractivity (Wildman–Crippen MR) is 174 cm³/mol. The molecular formula is C36H45N3O5. The number of fused-ring (bicyclic) bond motifs is 2. The molecule has 234 valence electrons. The third-order valence-corrected chi connectivity index (χ3v) is 8.85. The van der Waals surface area contributed by atoms with Gasteiger partial charge in [0.05, 0.1) is 26.4 Å². The van der Waals surface area contributed by atoms with Crippen molar-refractivity contribution in [1.29, 1.82) is 0 Å². The first kappa shape index (κ1) is 31.2. The molecule has 0 aliphatic carbocycles. The summed E-state index contributed by atoms with van der Waals surface area (Å²) < 4.78 is 17.3. The van der Waals surface area contributed by atoms with Crippen LogP contribution in [0.3, 0.4) is 0 Å². The molecule has 0 aromatic heterocycles. The van der Waals surface area contributed by atoms with Crippen LogP contribution >= 0.6 is 0 Å². The highest BCUT2D eigenvalue weighted by Gasteiger charge is 2.38. The second-order valence-corrected chi connectivity index (χ2v) is 11.9. The van der Waals surface area contributed by atoms with E-state index in [9.17, 15) is 9.59 Å². The van der Waals surface area contributed by atoms with Gasteiger partial charge >= 0.3 is 0 Å². The van der Waals surface area contributed by atoms with Gasteiger partial charge in [-0.15, -0.1) is 0 Å². The number of rotatable bonds is 12. The number of carbonyl (C=O) groups excluding carboxylic acids is 2. The number of carbonyl (C=O) groups is 2. The highest BCUT2D eigenvalue weighted by molar-refractivity contribution is 6.07. The van der Waals surface area contributed by atoms with Gasteiger partial charge in [-0.25, -0.2) is 0 Å². The molecule has 0 bridgehead atoms. The maximum absolute atomic E-state index is 14.0. The van der Waals surface area contributed by atoms with Gasteiger partial charge in [0.1, 0.15) is 5.75 Å². The summed E-state index contributed by atoms with van der Waals surface area (Å²) >= 11 is 0. The summed E-state index contributed by atoms with van der Waals surface area (Å²) in [7, 11) is 3.17. The summed E-state index contributed by atoms with van der Waals surface area (Å²) in [5.74, 6) is 1.70. The van der Waals surface area contributed by atoms with Crippen molar-refractivity contribution in [3.05, 3.63) is 77.4 Å². The number of para-hydroxylation sites is 1. The van der Waals surface area contributed by atoms with E-state index in [0.717, 1.165) is 68.5 Å². The van der Waals surface area contributed by atoms with E-state index in [1.54, 1.807) is 32.4 Å². The van der Waals surface area contributed by atoms with Gasteiger partial charge in [0.25, 0.3) is 5.91 Å². The van der Waals surface area contributed by atoms with E-state index < -0.39 is 0 Å². The normalized spacial score (nSPS) is 18.2. The Hall–Kier alpha value is -4.20. The Kier molecular flexibility index (Phi) is 9.98. The number of primary amides is 1. The molecule has 2 heterocycles. The molecule has 8 heteroatoms. The number of anilines is 2. The van der Waals surface area contributed by atoms with Crippen molar-refractivity contribution in [3.63, 3.8) is 0 Å². The monoisotopic (exact) mass is 599 g/mol. The number of methoxy groups -OCH3 is 2. The zero-order valence-electron chi connectivity index (χ0n) is 26.4. The van der Waals surface area contributed by atoms with Gasteiger partial charge in [-0.05, 0) is 99.0 Å². The number of ether oxygens (including phenoxy) is 3. The number of hydrogen-bond donors (Lipinski definition) is 1. The maximum Gasteiger partial charge on any atom is 0.258 e. The van der Waals surface area contributed by atoms with E-state index in [0.29, 0.717) is 23.5 Å². The van der Waals surface area contributed by atoms with Crippen LogP contribution in [-0.4, -0.2) is 44.7 Å². The molecule has 0 saturated carbocycles. The van der Waals surface area contributed by atoms with Gasteiger partial charge in [0, 0.05) is 35.9 Å². The van der Waals surface area contributed by atoms with Gasteiger partial charge in [-0.2, -0.15) is 0 Å². The summed E-state index contributed by atoms with van der Waals surface area (Å²) in [5.41, 5.74) is 10.5. The van der Waals surface area contributed by atoms with Gasteiger partial charge < -0.3 is 29.7 Å². The Morgan fingerprint density at radius 1 is 0.977 bits per heavy atom. The number of nitrogens with zero attached hydrogens (tertiary/aromatic N) is 2. The van der Waals surface area contributed by atoms with Crippen LogP contribution in [0.4, 0.5) is 11.4 Å². The predicted octanol–water partition coefficient (Wildman–Crippen LogP) is 6.84. The lowest BCUT2D eigenvalue weighted by Crippen LogP contribution is -2.47. The van der Waals surface area contributed by atoms with Crippen LogP contribution < -0.4 is 29.7 Å². The minimum absolute atomic E-state index is 0.0151. The lowest BCUT2D eigenvalue weighted by atomic mass is 9.87. The third-order valence-electron chi connectivity index (χ3n) is 8.85. The van der Waals surface area contributed by atoms with Crippen LogP contribution in [-0.2, 0) is 11.2 Å². The first-order valence-electron chi connectivity index (χ1n) is 15.8. The molecule has 5 rings (SSSR count). The van der Waals surface area contributed by atoms with Gasteiger partial charge in [0.2, 0.25) is 5.91 Å². The minimum atomic E-state index is -0.263. The van der Waals surface area contributed by atoms with E-state index in [-0.39, 0.29) is 30.0 Å². The van der Waals surface area contributed by atoms with Crippen LogP contribution in [0.5, 0.6) is 17.2 Å². The molecule has 44 heavy (non-hydrogen) atoms. The van der Waals surface area contributed by atoms with Crippen molar-refractivity contribution in [1.82, 2.24) is 0 Å². The number of amides is 2. The first-order valence-corrected chi connectivity index (χ1v) is 15.8. The molecule has 2 amide bonds. The largest absolute Gasteiger partial charge is 0.493 e. The van der Waals surface area contributed by atoms with Crippen molar-refractivity contribution >= 4 is 23.2 Å². The Balaban J connectivity index is 1.40. The number of benzene rings is 3. The lowest BCUT2D eigenvalue weighted by molar-refractivity contribution is -0.118. The molecule has 0 spiro atoms. The fourth-order valence-corrected chi connectivity index (χ4v) is 6.77. The smallest absolute Gasteiger partial charge is 0.258 e. The van der Waals surface area contributed by atoms with Crippen LogP contribution in [0.2, 0.25) is 0 Å². The van der Waals surface area contributed by atoms with Crippen molar-refractivity contribution < 1.29 is 23.8 Å². The standard InChI is InChI=1S/C36H45N3O5/c1-5-10-27(12-8-15-35(37)40)44-28-17-18-30-25(22-28)11-9-20-38(30)32-21-24(2)39(31-14-7-6-13-29(31)32)36(41)26-16-19-33(42-3)34(23-26)43-4/h6-7,13-14,16-19,22-24,27,32H,5,8-12,15,20-21H2,1-4H3,(H2,37,40). The molecule has 3 unspecified atom stereocenters. The molecule has 2 aliphatic rings. The van der Waals surface area contributed by atoms with Crippen molar-refractivity contribution in [2.75, 3.05) is 30.6 Å². The van der Waals surface area contributed by atoms with Gasteiger partial charge in [-0.3, -0.25) is 9.59 Å². The second-order valence-electron chi connectivity index (χ2n) is 11.9. The zero-order chi connectivity index (χ0) is 31.2. The van der Waals surface area contributed by atoms with Gasteiger partial charge in [-0.1, -0.05) is 31.5 Å². The summed E-state index contributed by atoms with van der Waals surface area (Å²) in [4.78, 5) is 29.7. The molecule has 0 saturated heterocycles. The third kappa shape index (κ3) is 6.64. The molecule has 0 radical (unpaired) electrons. The summed E-state index contributed by atoms with van der Waals surface area (Å²) in [6.07, 6.45) is 6.83. The molecule has 3 aromatic rings. The molecule has 3 aromatic carbocycles. The van der Waals surface area contributed by atoms with Crippen molar-refractivity contribution in [2.45, 2.75) is 83.4 Å².